The van der Waals surface area contributed by atoms with Crippen LogP contribution in [0.15, 0.2) is 18.2 Å². The zero-order valence-corrected chi connectivity index (χ0v) is 11.1. The van der Waals surface area contributed by atoms with Crippen LogP contribution in [0.2, 0.25) is 0 Å². The average Bonchev–Trinajstić information content (AvgIpc) is 2.29. The molecule has 2 heteroatoms. The summed E-state index contributed by atoms with van der Waals surface area (Å²) in [6.07, 6.45) is 4.95. The average molecular weight is 233 g/mol. The molecule has 94 valence electrons. The highest BCUT2D eigenvalue weighted by molar-refractivity contribution is 5.94. The molecule has 1 aromatic rings. The maximum Gasteiger partial charge on any atom is 0.248 e. The van der Waals surface area contributed by atoms with Gasteiger partial charge < -0.3 is 5.73 Å². The molecule has 0 spiro atoms. The monoisotopic (exact) mass is 233 g/mol. The van der Waals surface area contributed by atoms with Crippen molar-refractivity contribution < 1.29 is 4.79 Å². The van der Waals surface area contributed by atoms with Gasteiger partial charge in [0.25, 0.3) is 0 Å². The largest absolute Gasteiger partial charge is 0.366 e. The van der Waals surface area contributed by atoms with Crippen molar-refractivity contribution in [3.05, 3.63) is 34.9 Å². The van der Waals surface area contributed by atoms with Gasteiger partial charge >= 0.3 is 0 Å². The van der Waals surface area contributed by atoms with Crippen molar-refractivity contribution in [3.8, 4) is 0 Å². The summed E-state index contributed by atoms with van der Waals surface area (Å²) in [6, 6.07) is 5.84. The zero-order valence-electron chi connectivity index (χ0n) is 11.1. The second kappa shape index (κ2) is 6.43. The Labute approximate surface area is 104 Å². The number of amides is 1. The van der Waals surface area contributed by atoms with Gasteiger partial charge in [0.1, 0.15) is 0 Å². The summed E-state index contributed by atoms with van der Waals surface area (Å²) in [5.74, 6) is 0.172. The van der Waals surface area contributed by atoms with Crippen LogP contribution in [-0.4, -0.2) is 5.91 Å². The highest BCUT2D eigenvalue weighted by Gasteiger charge is 2.13. The van der Waals surface area contributed by atoms with E-state index in [-0.39, 0.29) is 5.91 Å². The van der Waals surface area contributed by atoms with E-state index in [9.17, 15) is 4.79 Å². The van der Waals surface area contributed by atoms with Crippen molar-refractivity contribution in [1.82, 2.24) is 0 Å². The van der Waals surface area contributed by atoms with Crippen LogP contribution in [-0.2, 0) is 0 Å². The Kier molecular flexibility index (Phi) is 5.20. The van der Waals surface area contributed by atoms with Gasteiger partial charge in [0.15, 0.2) is 0 Å². The van der Waals surface area contributed by atoms with Crippen LogP contribution >= 0.6 is 0 Å². The van der Waals surface area contributed by atoms with Crippen LogP contribution in [0.1, 0.15) is 66.9 Å². The molecule has 0 aliphatic rings. The molecule has 17 heavy (non-hydrogen) atoms. The van der Waals surface area contributed by atoms with E-state index in [0.29, 0.717) is 11.5 Å². The summed E-state index contributed by atoms with van der Waals surface area (Å²) in [4.78, 5) is 11.3. The van der Waals surface area contributed by atoms with Crippen molar-refractivity contribution in [3.63, 3.8) is 0 Å². The van der Waals surface area contributed by atoms with Gasteiger partial charge in [-0.15, -0.1) is 0 Å². The lowest BCUT2D eigenvalue weighted by atomic mass is 9.89. The lowest BCUT2D eigenvalue weighted by Gasteiger charge is -2.16. The van der Waals surface area contributed by atoms with Crippen LogP contribution < -0.4 is 5.73 Å². The summed E-state index contributed by atoms with van der Waals surface area (Å²) < 4.78 is 0. The number of carbonyl (C=O) groups excluding carboxylic acids is 1. The van der Waals surface area contributed by atoms with Crippen molar-refractivity contribution in [1.29, 1.82) is 0 Å². The van der Waals surface area contributed by atoms with Crippen LogP contribution in [0.25, 0.3) is 0 Å². The summed E-state index contributed by atoms with van der Waals surface area (Å²) in [6.45, 7) is 6.43. The third-order valence-electron chi connectivity index (χ3n) is 3.41. The third kappa shape index (κ3) is 3.58. The van der Waals surface area contributed by atoms with Gasteiger partial charge in [0.2, 0.25) is 5.91 Å². The van der Waals surface area contributed by atoms with Gasteiger partial charge in [-0.3, -0.25) is 4.79 Å². The predicted octanol–water partition coefficient (Wildman–Crippen LogP) is 3.78. The fraction of sp³-hybridized carbons (Fsp3) is 0.533. The van der Waals surface area contributed by atoms with Crippen LogP contribution in [0.3, 0.4) is 0 Å². The molecular formula is C15H23NO. The smallest absolute Gasteiger partial charge is 0.248 e. The highest BCUT2D eigenvalue weighted by Crippen LogP contribution is 2.26. The summed E-state index contributed by atoms with van der Waals surface area (Å²) >= 11 is 0. The second-order valence-corrected chi connectivity index (χ2v) is 4.78. The normalized spacial score (nSPS) is 12.4. The minimum Gasteiger partial charge on any atom is -0.366 e. The first-order chi connectivity index (χ1) is 8.07. The molecule has 0 aromatic heterocycles. The van der Waals surface area contributed by atoms with Gasteiger partial charge in [0.05, 0.1) is 0 Å². The van der Waals surface area contributed by atoms with Crippen LogP contribution in [0.4, 0.5) is 0 Å². The lowest BCUT2D eigenvalue weighted by molar-refractivity contribution is 0.0999. The van der Waals surface area contributed by atoms with Crippen LogP contribution in [0.5, 0.6) is 0 Å². The molecule has 0 radical (unpaired) electrons. The van der Waals surface area contributed by atoms with E-state index in [1.54, 1.807) is 6.07 Å². The molecule has 1 unspecified atom stereocenters. The van der Waals surface area contributed by atoms with E-state index in [4.69, 9.17) is 5.73 Å². The fourth-order valence-electron chi connectivity index (χ4n) is 2.31. The van der Waals surface area contributed by atoms with Crippen molar-refractivity contribution in [2.75, 3.05) is 0 Å². The summed E-state index contributed by atoms with van der Waals surface area (Å²) in [5.41, 5.74) is 8.33. The number of nitrogens with two attached hydrogens (primary N) is 1. The molecule has 0 saturated carbocycles. The zero-order chi connectivity index (χ0) is 12.8. The Morgan fingerprint density at radius 2 is 2.06 bits per heavy atom. The number of carbonyl (C=O) groups is 1. The molecule has 1 aromatic carbocycles. The van der Waals surface area contributed by atoms with E-state index >= 15 is 0 Å². The van der Waals surface area contributed by atoms with Gasteiger partial charge in [-0.2, -0.15) is 0 Å². The van der Waals surface area contributed by atoms with Crippen molar-refractivity contribution >= 4 is 5.91 Å². The number of hydrogen-bond acceptors (Lipinski definition) is 1. The number of benzene rings is 1. The summed E-state index contributed by atoms with van der Waals surface area (Å²) in [7, 11) is 0. The van der Waals surface area contributed by atoms with E-state index in [0.717, 1.165) is 5.56 Å². The van der Waals surface area contributed by atoms with E-state index in [1.165, 1.54) is 31.2 Å². The molecular weight excluding hydrogens is 210 g/mol. The lowest BCUT2D eigenvalue weighted by Crippen LogP contribution is -2.14. The summed E-state index contributed by atoms with van der Waals surface area (Å²) in [5, 5.41) is 0. The maximum atomic E-state index is 11.3. The minimum atomic E-state index is -0.329. The fourth-order valence-corrected chi connectivity index (χ4v) is 2.31. The minimum absolute atomic E-state index is 0.329. The molecule has 0 fully saturated rings. The van der Waals surface area contributed by atoms with E-state index in [1.807, 2.05) is 13.0 Å². The van der Waals surface area contributed by atoms with Gasteiger partial charge in [-0.1, -0.05) is 45.2 Å². The molecule has 1 atom stereocenters. The van der Waals surface area contributed by atoms with E-state index < -0.39 is 0 Å². The number of unbranched alkanes of at least 4 members (excludes halogenated alkanes) is 2. The maximum absolute atomic E-state index is 11.3. The highest BCUT2D eigenvalue weighted by atomic mass is 16.1. The molecule has 0 aliphatic heterocycles. The Bertz CT molecular complexity index is 385. The number of rotatable bonds is 6. The SMILES string of the molecule is CCCCCC(C)c1cccc(C(N)=O)c1C. The first-order valence-electron chi connectivity index (χ1n) is 6.47. The quantitative estimate of drug-likeness (QED) is 0.747. The topological polar surface area (TPSA) is 43.1 Å². The van der Waals surface area contributed by atoms with Gasteiger partial charge in [0, 0.05) is 5.56 Å². The van der Waals surface area contributed by atoms with Gasteiger partial charge in [-0.05, 0) is 36.5 Å². The third-order valence-corrected chi connectivity index (χ3v) is 3.41. The van der Waals surface area contributed by atoms with Gasteiger partial charge in [-0.25, -0.2) is 0 Å². The van der Waals surface area contributed by atoms with Crippen molar-refractivity contribution in [2.24, 2.45) is 5.73 Å². The predicted molar refractivity (Wildman–Crippen MR) is 72.3 cm³/mol. The molecule has 1 rings (SSSR count). The number of hydrogen-bond donors (Lipinski definition) is 1. The molecule has 0 bridgehead atoms. The molecule has 0 saturated heterocycles. The Morgan fingerprint density at radius 3 is 2.65 bits per heavy atom. The Morgan fingerprint density at radius 1 is 1.35 bits per heavy atom. The standard InChI is InChI=1S/C15H23NO/c1-4-5-6-8-11(2)13-9-7-10-14(12(13)3)15(16)17/h7,9-11H,4-6,8H2,1-3H3,(H2,16,17). The first kappa shape index (κ1) is 13.8. The molecule has 2 nitrogen and oxygen atoms in total. The van der Waals surface area contributed by atoms with Crippen LogP contribution in [0, 0.1) is 6.92 Å². The number of primary amides is 1. The van der Waals surface area contributed by atoms with Crippen molar-refractivity contribution in [2.45, 2.75) is 52.4 Å². The first-order valence-corrected chi connectivity index (χ1v) is 6.47. The Balaban J connectivity index is 2.83. The molecule has 1 amide bonds. The molecule has 0 heterocycles. The molecule has 2 N–H and O–H groups in total. The van der Waals surface area contributed by atoms with E-state index in [2.05, 4.69) is 19.9 Å². The second-order valence-electron chi connectivity index (χ2n) is 4.78. The Hall–Kier alpha value is -1.31. The molecule has 0 aliphatic carbocycles.